The molecule has 0 radical (unpaired) electrons. The molecule has 32 heavy (non-hydrogen) atoms. The Morgan fingerprint density at radius 2 is 1.69 bits per heavy atom. The Morgan fingerprint density at radius 1 is 1.03 bits per heavy atom. The number of ether oxygens (including phenoxy) is 1. The van der Waals surface area contributed by atoms with E-state index in [9.17, 15) is 9.59 Å². The lowest BCUT2D eigenvalue weighted by atomic mass is 10.0. The van der Waals surface area contributed by atoms with Crippen LogP contribution in [0.2, 0.25) is 5.02 Å². The number of carbonyl (C=O) groups excluding carboxylic acids is 2. The van der Waals surface area contributed by atoms with Crippen molar-refractivity contribution in [2.24, 2.45) is 5.92 Å². The number of benzene rings is 2. The Hall–Kier alpha value is -2.53. The molecule has 0 saturated carbocycles. The van der Waals surface area contributed by atoms with E-state index in [-0.39, 0.29) is 24.3 Å². The van der Waals surface area contributed by atoms with Crippen LogP contribution in [0.4, 0.5) is 0 Å². The van der Waals surface area contributed by atoms with Gasteiger partial charge in [0.05, 0.1) is 0 Å². The molecule has 2 aromatic rings. The Kier molecular flexibility index (Phi) is 10.0. The van der Waals surface area contributed by atoms with E-state index < -0.39 is 6.04 Å². The maximum atomic E-state index is 13.3. The molecule has 0 aliphatic heterocycles. The van der Waals surface area contributed by atoms with Crippen molar-refractivity contribution in [2.45, 2.75) is 59.5 Å². The molecule has 0 heterocycles. The fraction of sp³-hybridized carbons (Fsp3) is 0.462. The van der Waals surface area contributed by atoms with E-state index in [0.29, 0.717) is 36.2 Å². The molecule has 174 valence electrons. The van der Waals surface area contributed by atoms with E-state index in [2.05, 4.69) is 19.2 Å². The maximum Gasteiger partial charge on any atom is 0.261 e. The van der Waals surface area contributed by atoms with Gasteiger partial charge in [-0.15, -0.1) is 0 Å². The van der Waals surface area contributed by atoms with E-state index >= 15 is 0 Å². The average Bonchev–Trinajstić information content (AvgIpc) is 2.77. The smallest absolute Gasteiger partial charge is 0.261 e. The van der Waals surface area contributed by atoms with Gasteiger partial charge in [-0.1, -0.05) is 76.6 Å². The molecule has 1 atom stereocenters. The predicted octanol–water partition coefficient (Wildman–Crippen LogP) is 5.42. The number of halogens is 1. The molecular formula is C26H35ClN2O3. The van der Waals surface area contributed by atoms with Crippen molar-refractivity contribution in [1.82, 2.24) is 10.2 Å². The first kappa shape index (κ1) is 25.7. The van der Waals surface area contributed by atoms with Gasteiger partial charge in [-0.05, 0) is 47.6 Å². The van der Waals surface area contributed by atoms with Crippen LogP contribution in [0, 0.1) is 5.92 Å². The third-order valence-electron chi connectivity index (χ3n) is 5.23. The van der Waals surface area contributed by atoms with E-state index in [1.807, 2.05) is 57.2 Å². The van der Waals surface area contributed by atoms with Gasteiger partial charge >= 0.3 is 0 Å². The van der Waals surface area contributed by atoms with E-state index in [1.165, 1.54) is 0 Å². The number of nitrogens with zero attached hydrogens (tertiary/aromatic N) is 1. The number of rotatable bonds is 11. The molecule has 1 unspecified atom stereocenters. The minimum atomic E-state index is -0.583. The summed E-state index contributed by atoms with van der Waals surface area (Å²) in [4.78, 5) is 27.8. The van der Waals surface area contributed by atoms with Crippen LogP contribution in [-0.2, 0) is 16.1 Å². The van der Waals surface area contributed by atoms with Crippen molar-refractivity contribution in [2.75, 3.05) is 13.2 Å². The number of amides is 2. The van der Waals surface area contributed by atoms with Crippen molar-refractivity contribution in [3.05, 3.63) is 64.7 Å². The summed E-state index contributed by atoms with van der Waals surface area (Å²) in [6.07, 6.45) is 0.506. The first-order valence-electron chi connectivity index (χ1n) is 11.3. The normalized spacial score (nSPS) is 12.0. The van der Waals surface area contributed by atoms with Crippen molar-refractivity contribution < 1.29 is 14.3 Å². The largest absolute Gasteiger partial charge is 0.483 e. The summed E-state index contributed by atoms with van der Waals surface area (Å²) in [5.74, 6) is 0.917. The third kappa shape index (κ3) is 7.56. The highest BCUT2D eigenvalue weighted by Crippen LogP contribution is 2.26. The Balaban J connectivity index is 2.23. The standard InChI is InChI=1S/C26H35ClN2O3/c1-6-23(26(31)28-15-18(2)3)29(16-20-11-13-21(27)14-12-20)25(30)17-32-24-10-8-7-9-22(24)19(4)5/h7-14,18-19,23H,6,15-17H2,1-5H3,(H,28,31). The minimum absolute atomic E-state index is 0.134. The van der Waals surface area contributed by atoms with Gasteiger partial charge in [0.2, 0.25) is 5.91 Å². The molecule has 0 bridgehead atoms. The van der Waals surface area contributed by atoms with Crippen molar-refractivity contribution in [1.29, 1.82) is 0 Å². The van der Waals surface area contributed by atoms with Gasteiger partial charge in [0.1, 0.15) is 11.8 Å². The van der Waals surface area contributed by atoms with Gasteiger partial charge < -0.3 is 15.0 Å². The summed E-state index contributed by atoms with van der Waals surface area (Å²) in [6.45, 7) is 10.9. The Morgan fingerprint density at radius 3 is 2.28 bits per heavy atom. The monoisotopic (exact) mass is 458 g/mol. The van der Waals surface area contributed by atoms with Crippen LogP contribution in [0.1, 0.15) is 58.1 Å². The summed E-state index contributed by atoms with van der Waals surface area (Å²) in [5, 5.41) is 3.59. The molecule has 2 amide bonds. The fourth-order valence-electron chi connectivity index (χ4n) is 3.44. The molecule has 0 aliphatic rings. The quantitative estimate of drug-likeness (QED) is 0.489. The lowest BCUT2D eigenvalue weighted by Crippen LogP contribution is -2.50. The Bertz CT molecular complexity index is 881. The number of para-hydroxylation sites is 1. The number of hydrogen-bond donors (Lipinski definition) is 1. The van der Waals surface area contributed by atoms with Gasteiger partial charge in [-0.25, -0.2) is 0 Å². The topological polar surface area (TPSA) is 58.6 Å². The number of nitrogens with one attached hydrogen (secondary N) is 1. The van der Waals surface area contributed by atoms with Crippen LogP contribution in [0.5, 0.6) is 5.75 Å². The van der Waals surface area contributed by atoms with Gasteiger partial charge in [-0.2, -0.15) is 0 Å². The fourth-order valence-corrected chi connectivity index (χ4v) is 3.57. The highest BCUT2D eigenvalue weighted by molar-refractivity contribution is 6.30. The molecular weight excluding hydrogens is 424 g/mol. The second-order valence-electron chi connectivity index (χ2n) is 8.69. The number of hydrogen-bond acceptors (Lipinski definition) is 3. The molecule has 2 aromatic carbocycles. The zero-order valence-corrected chi connectivity index (χ0v) is 20.5. The van der Waals surface area contributed by atoms with Gasteiger partial charge in [0.25, 0.3) is 5.91 Å². The lowest BCUT2D eigenvalue weighted by molar-refractivity contribution is -0.143. The summed E-state index contributed by atoms with van der Waals surface area (Å²) in [6, 6.07) is 14.5. The van der Waals surface area contributed by atoms with Gasteiger partial charge in [0, 0.05) is 18.1 Å². The molecule has 0 aromatic heterocycles. The van der Waals surface area contributed by atoms with Crippen LogP contribution in [-0.4, -0.2) is 35.9 Å². The van der Waals surface area contributed by atoms with Crippen LogP contribution in [0.15, 0.2) is 48.5 Å². The first-order chi connectivity index (χ1) is 15.2. The molecule has 0 aliphatic carbocycles. The third-order valence-corrected chi connectivity index (χ3v) is 5.48. The highest BCUT2D eigenvalue weighted by Gasteiger charge is 2.29. The number of carbonyl (C=O) groups is 2. The van der Waals surface area contributed by atoms with E-state index in [1.54, 1.807) is 17.0 Å². The SMILES string of the molecule is CCC(C(=O)NCC(C)C)N(Cc1ccc(Cl)cc1)C(=O)COc1ccccc1C(C)C. The van der Waals surface area contributed by atoms with Crippen molar-refractivity contribution >= 4 is 23.4 Å². The molecule has 0 saturated heterocycles. The zero-order valence-electron chi connectivity index (χ0n) is 19.7. The molecule has 5 nitrogen and oxygen atoms in total. The second-order valence-corrected chi connectivity index (χ2v) is 9.13. The van der Waals surface area contributed by atoms with Crippen molar-refractivity contribution in [3.8, 4) is 5.75 Å². The van der Waals surface area contributed by atoms with Crippen LogP contribution in [0.3, 0.4) is 0 Å². The molecule has 0 spiro atoms. The molecule has 0 fully saturated rings. The first-order valence-corrected chi connectivity index (χ1v) is 11.6. The van der Waals surface area contributed by atoms with Crippen LogP contribution >= 0.6 is 11.6 Å². The predicted molar refractivity (Wildman–Crippen MR) is 130 cm³/mol. The van der Waals surface area contributed by atoms with Crippen LogP contribution < -0.4 is 10.1 Å². The van der Waals surface area contributed by atoms with Crippen LogP contribution in [0.25, 0.3) is 0 Å². The van der Waals surface area contributed by atoms with Crippen molar-refractivity contribution in [3.63, 3.8) is 0 Å². The lowest BCUT2D eigenvalue weighted by Gasteiger charge is -2.31. The molecule has 1 N–H and O–H groups in total. The summed E-state index contributed by atoms with van der Waals surface area (Å²) >= 11 is 6.02. The minimum Gasteiger partial charge on any atom is -0.483 e. The van der Waals surface area contributed by atoms with E-state index in [4.69, 9.17) is 16.3 Å². The zero-order chi connectivity index (χ0) is 23.7. The summed E-state index contributed by atoms with van der Waals surface area (Å²) in [7, 11) is 0. The summed E-state index contributed by atoms with van der Waals surface area (Å²) < 4.78 is 5.93. The average molecular weight is 459 g/mol. The second kappa shape index (κ2) is 12.5. The molecule has 2 rings (SSSR count). The molecule has 6 heteroatoms. The highest BCUT2D eigenvalue weighted by atomic mass is 35.5. The van der Waals surface area contributed by atoms with E-state index in [0.717, 1.165) is 11.1 Å². The summed E-state index contributed by atoms with van der Waals surface area (Å²) in [5.41, 5.74) is 1.95. The maximum absolute atomic E-state index is 13.3. The van der Waals surface area contributed by atoms with Gasteiger partial charge in [0.15, 0.2) is 6.61 Å². The van der Waals surface area contributed by atoms with Gasteiger partial charge in [-0.3, -0.25) is 9.59 Å². The Labute approximate surface area is 197 Å².